The lowest BCUT2D eigenvalue weighted by Gasteiger charge is -2.17. The van der Waals surface area contributed by atoms with Gasteiger partial charge in [-0.2, -0.15) is 5.26 Å². The summed E-state index contributed by atoms with van der Waals surface area (Å²) in [7, 11) is 0. The van der Waals surface area contributed by atoms with E-state index in [9.17, 15) is 14.4 Å². The topological polar surface area (TPSA) is 135 Å². The van der Waals surface area contributed by atoms with E-state index in [4.69, 9.17) is 38.4 Å². The Morgan fingerprint density at radius 1 is 1.15 bits per heavy atom. The highest BCUT2D eigenvalue weighted by atomic mass is 35.5. The van der Waals surface area contributed by atoms with Crippen LogP contribution in [-0.2, 0) is 11.4 Å². The number of halogens is 3. The number of nitrogens with two attached hydrogens (primary N) is 1. The number of aromatic nitrogens is 2. The maximum Gasteiger partial charge on any atom is 0.221 e. The molecule has 4 N–H and O–H groups in total. The minimum atomic E-state index is -0.685. The minimum Gasteiger partial charge on any atom is -0.491 e. The van der Waals surface area contributed by atoms with Crippen LogP contribution in [-0.4, -0.2) is 29.0 Å². The molecule has 4 aromatic rings. The number of anilines is 3. The summed E-state index contributed by atoms with van der Waals surface area (Å²) in [5, 5.41) is 16.4. The molecule has 2 aromatic heterocycles. The third-order valence-electron chi connectivity index (χ3n) is 5.44. The Morgan fingerprint density at radius 3 is 2.69 bits per heavy atom. The van der Waals surface area contributed by atoms with Crippen molar-refractivity contribution >= 4 is 57.1 Å². The van der Waals surface area contributed by atoms with Gasteiger partial charge in [0, 0.05) is 36.7 Å². The average Bonchev–Trinajstić information content (AvgIpc) is 2.90. The van der Waals surface area contributed by atoms with Gasteiger partial charge >= 0.3 is 0 Å². The lowest BCUT2D eigenvalue weighted by molar-refractivity contribution is -0.114. The summed E-state index contributed by atoms with van der Waals surface area (Å²) in [5.74, 6) is -0.686. The fourth-order valence-electron chi connectivity index (χ4n) is 3.66. The molecule has 0 unspecified atom stereocenters. The zero-order chi connectivity index (χ0) is 27.9. The van der Waals surface area contributed by atoms with Crippen LogP contribution in [0, 0.1) is 17.1 Å². The summed E-state index contributed by atoms with van der Waals surface area (Å²) < 4.78 is 26.3. The number of benzene rings is 2. The monoisotopic (exact) mass is 568 g/mol. The molecule has 12 heteroatoms. The Bertz CT molecular complexity index is 1580. The first-order valence-corrected chi connectivity index (χ1v) is 12.5. The van der Waals surface area contributed by atoms with E-state index >= 15 is 0 Å². The van der Waals surface area contributed by atoms with E-state index in [0.717, 1.165) is 6.07 Å². The second kappa shape index (κ2) is 12.6. The first kappa shape index (κ1) is 27.9. The number of fused-ring (bicyclic) bond motifs is 1. The smallest absolute Gasteiger partial charge is 0.221 e. The Labute approximate surface area is 233 Å². The summed E-state index contributed by atoms with van der Waals surface area (Å²) in [4.78, 5) is 20.3. The molecule has 0 aliphatic rings. The predicted molar refractivity (Wildman–Crippen MR) is 148 cm³/mol. The van der Waals surface area contributed by atoms with Gasteiger partial charge in [0.05, 0.1) is 45.5 Å². The molecule has 0 fully saturated rings. The largest absolute Gasteiger partial charge is 0.491 e. The summed E-state index contributed by atoms with van der Waals surface area (Å²) in [6.45, 7) is 2.13. The molecule has 39 heavy (non-hydrogen) atoms. The zero-order valence-electron chi connectivity index (χ0n) is 20.7. The number of pyridine rings is 2. The van der Waals surface area contributed by atoms with Crippen LogP contribution in [0.2, 0.25) is 10.2 Å². The van der Waals surface area contributed by atoms with Crippen LogP contribution in [0.25, 0.3) is 10.9 Å². The van der Waals surface area contributed by atoms with E-state index in [0.29, 0.717) is 58.4 Å². The first-order chi connectivity index (χ1) is 18.8. The SMILES string of the molecule is CC(=O)Nc1cc2c(Nc3cc(F)c(OCc4cccc(Cl)n4)cc3Cl)c(C#N)cnc2cc1OCCCN. The highest BCUT2D eigenvalue weighted by Gasteiger charge is 2.17. The lowest BCUT2D eigenvalue weighted by Crippen LogP contribution is -2.11. The fraction of sp³-hybridized carbons (Fsp3) is 0.185. The van der Waals surface area contributed by atoms with Crippen molar-refractivity contribution < 1.29 is 18.7 Å². The Hall–Kier alpha value is -4.17. The Morgan fingerprint density at radius 2 is 1.97 bits per heavy atom. The van der Waals surface area contributed by atoms with E-state index in [1.54, 1.807) is 30.3 Å². The molecule has 2 heterocycles. The molecule has 0 atom stereocenters. The number of ether oxygens (including phenoxy) is 2. The van der Waals surface area contributed by atoms with Crippen molar-refractivity contribution in [3.63, 3.8) is 0 Å². The van der Waals surface area contributed by atoms with Crippen LogP contribution >= 0.6 is 23.2 Å². The molecule has 0 aliphatic heterocycles. The molecule has 1 amide bonds. The number of carbonyl (C=O) groups excluding carboxylic acids is 1. The van der Waals surface area contributed by atoms with Gasteiger partial charge < -0.3 is 25.8 Å². The zero-order valence-corrected chi connectivity index (χ0v) is 22.2. The summed E-state index contributed by atoms with van der Waals surface area (Å²) in [6, 6.07) is 12.9. The number of nitriles is 1. The molecule has 0 saturated heterocycles. The van der Waals surface area contributed by atoms with Gasteiger partial charge in [-0.05, 0) is 31.2 Å². The first-order valence-electron chi connectivity index (χ1n) is 11.8. The molecular formula is C27H23Cl2FN6O3. The van der Waals surface area contributed by atoms with Crippen LogP contribution in [0.15, 0.2) is 48.7 Å². The second-order valence-electron chi connectivity index (χ2n) is 8.32. The number of carbonyl (C=O) groups is 1. The van der Waals surface area contributed by atoms with Gasteiger partial charge in [0.15, 0.2) is 11.6 Å². The average molecular weight is 569 g/mol. The predicted octanol–water partition coefficient (Wildman–Crippen LogP) is 5.96. The number of nitrogens with one attached hydrogen (secondary N) is 2. The number of amides is 1. The molecule has 0 aliphatic carbocycles. The summed E-state index contributed by atoms with van der Waals surface area (Å²) >= 11 is 12.4. The molecular weight excluding hydrogens is 546 g/mol. The van der Waals surface area contributed by atoms with Crippen LogP contribution in [0.3, 0.4) is 0 Å². The maximum absolute atomic E-state index is 15.0. The van der Waals surface area contributed by atoms with Crippen LogP contribution in [0.1, 0.15) is 24.6 Å². The van der Waals surface area contributed by atoms with E-state index in [2.05, 4.69) is 26.7 Å². The van der Waals surface area contributed by atoms with Gasteiger partial charge in [0.25, 0.3) is 0 Å². The molecule has 2 aromatic carbocycles. The van der Waals surface area contributed by atoms with E-state index in [1.807, 2.05) is 0 Å². The standard InChI is InChI=1S/C27H23Cl2FN6O3/c1-15(37)34-23-8-18-21(11-25(23)38-7-3-6-31)33-13-16(12-32)27(18)36-22-10-20(30)24(9-19(22)28)39-14-17-4-2-5-26(29)35-17/h2,4-5,8-11,13H,3,6-7,14,31H2,1H3,(H,33,36)(H,34,37). The van der Waals surface area contributed by atoms with Crippen molar-refractivity contribution in [3.05, 3.63) is 75.9 Å². The van der Waals surface area contributed by atoms with Crippen molar-refractivity contribution in [3.8, 4) is 17.6 Å². The Kier molecular flexibility index (Phi) is 8.99. The van der Waals surface area contributed by atoms with Gasteiger partial charge in [0.2, 0.25) is 5.91 Å². The van der Waals surface area contributed by atoms with Gasteiger partial charge in [-0.25, -0.2) is 9.37 Å². The lowest BCUT2D eigenvalue weighted by atomic mass is 10.1. The molecule has 0 saturated carbocycles. The quantitative estimate of drug-likeness (QED) is 0.157. The van der Waals surface area contributed by atoms with Crippen molar-refractivity contribution in [1.29, 1.82) is 5.26 Å². The van der Waals surface area contributed by atoms with Crippen molar-refractivity contribution in [2.24, 2.45) is 5.73 Å². The molecule has 0 radical (unpaired) electrons. The molecule has 200 valence electrons. The third kappa shape index (κ3) is 6.83. The minimum absolute atomic E-state index is 0.0181. The van der Waals surface area contributed by atoms with Crippen molar-refractivity contribution in [2.45, 2.75) is 20.0 Å². The molecule has 0 spiro atoms. The van der Waals surface area contributed by atoms with Gasteiger partial charge in [-0.3, -0.25) is 9.78 Å². The normalized spacial score (nSPS) is 10.7. The van der Waals surface area contributed by atoms with Crippen molar-refractivity contribution in [1.82, 2.24) is 9.97 Å². The Balaban J connectivity index is 1.69. The van der Waals surface area contributed by atoms with Gasteiger partial charge in [-0.1, -0.05) is 29.3 Å². The third-order valence-corrected chi connectivity index (χ3v) is 5.96. The maximum atomic E-state index is 15.0. The molecule has 0 bridgehead atoms. The second-order valence-corrected chi connectivity index (χ2v) is 9.12. The van der Waals surface area contributed by atoms with Gasteiger partial charge in [0.1, 0.15) is 23.6 Å². The van der Waals surface area contributed by atoms with Crippen molar-refractivity contribution in [2.75, 3.05) is 23.8 Å². The highest BCUT2D eigenvalue weighted by Crippen LogP contribution is 2.38. The van der Waals surface area contributed by atoms with Gasteiger partial charge in [-0.15, -0.1) is 0 Å². The number of nitrogens with zero attached hydrogens (tertiary/aromatic N) is 3. The summed E-state index contributed by atoms with van der Waals surface area (Å²) in [5.41, 5.74) is 7.61. The van der Waals surface area contributed by atoms with E-state index in [1.165, 1.54) is 19.2 Å². The molecule has 4 rings (SSSR count). The van der Waals surface area contributed by atoms with Crippen LogP contribution in [0.5, 0.6) is 11.5 Å². The van der Waals surface area contributed by atoms with Crippen LogP contribution in [0.4, 0.5) is 21.5 Å². The highest BCUT2D eigenvalue weighted by molar-refractivity contribution is 6.33. The van der Waals surface area contributed by atoms with E-state index in [-0.39, 0.29) is 34.5 Å². The van der Waals surface area contributed by atoms with E-state index < -0.39 is 5.82 Å². The number of rotatable bonds is 10. The summed E-state index contributed by atoms with van der Waals surface area (Å²) in [6.07, 6.45) is 2.00. The molecule has 9 nitrogen and oxygen atoms in total. The van der Waals surface area contributed by atoms with Crippen LogP contribution < -0.4 is 25.8 Å². The fourth-order valence-corrected chi connectivity index (χ4v) is 4.05. The number of hydrogen-bond donors (Lipinski definition) is 3. The number of hydrogen-bond acceptors (Lipinski definition) is 8.